The van der Waals surface area contributed by atoms with Gasteiger partial charge >= 0.3 is 0 Å². The third kappa shape index (κ3) is 5.41. The van der Waals surface area contributed by atoms with Gasteiger partial charge in [-0.2, -0.15) is 0 Å². The maximum atomic E-state index is 9.50. The van der Waals surface area contributed by atoms with E-state index in [1.54, 1.807) is 6.29 Å². The Morgan fingerprint density at radius 1 is 1.57 bits per heavy atom. The van der Waals surface area contributed by atoms with Crippen molar-refractivity contribution in [2.45, 2.75) is 19.8 Å². The van der Waals surface area contributed by atoms with E-state index in [1.807, 2.05) is 19.1 Å². The highest BCUT2D eigenvalue weighted by Crippen LogP contribution is 1.80. The molecule has 0 aliphatic carbocycles. The van der Waals surface area contributed by atoms with Crippen LogP contribution in [0.5, 0.6) is 0 Å². The summed E-state index contributed by atoms with van der Waals surface area (Å²) in [6.45, 7) is 2.03. The monoisotopic (exact) mass is 97.1 g/mol. The van der Waals surface area contributed by atoms with Gasteiger partial charge in [-0.3, -0.25) is 4.79 Å². The first kappa shape index (κ1) is 6.41. The van der Waals surface area contributed by atoms with Crippen molar-refractivity contribution in [3.05, 3.63) is 12.2 Å². The van der Waals surface area contributed by atoms with Gasteiger partial charge in [0.2, 0.25) is 6.29 Å². The second-order valence-electron chi connectivity index (χ2n) is 1.23. The molecule has 7 heavy (non-hydrogen) atoms. The van der Waals surface area contributed by atoms with Gasteiger partial charge in [0.1, 0.15) is 0 Å². The molecule has 0 amide bonds. The van der Waals surface area contributed by atoms with Crippen LogP contribution < -0.4 is 0 Å². The van der Waals surface area contributed by atoms with Crippen LogP contribution in [0.15, 0.2) is 12.2 Å². The first-order chi connectivity index (χ1) is 3.41. The van der Waals surface area contributed by atoms with Gasteiger partial charge in [0.05, 0.1) is 0 Å². The number of rotatable bonds is 3. The molecule has 0 bridgehead atoms. The Hall–Kier alpha value is -0.590. The van der Waals surface area contributed by atoms with Crippen LogP contribution in [-0.4, -0.2) is 6.29 Å². The quantitative estimate of drug-likeness (QED) is 0.487. The predicted octanol–water partition coefficient (Wildman–Crippen LogP) is 1.45. The number of hydrogen-bond acceptors (Lipinski definition) is 1. The Morgan fingerprint density at radius 2 is 2.29 bits per heavy atom. The standard InChI is InChI=1S/C6H9O/c1-2-3-4-5-6-7/h3-4H,2,5H2,1H3. The molecule has 0 aliphatic heterocycles. The molecule has 0 spiro atoms. The van der Waals surface area contributed by atoms with E-state index < -0.39 is 0 Å². The number of allylic oxidation sites excluding steroid dienone is 2. The highest BCUT2D eigenvalue weighted by molar-refractivity contribution is 5.52. The summed E-state index contributed by atoms with van der Waals surface area (Å²) in [7, 11) is 0. The van der Waals surface area contributed by atoms with E-state index in [-0.39, 0.29) is 0 Å². The topological polar surface area (TPSA) is 17.1 Å². The molecule has 0 heterocycles. The second kappa shape index (κ2) is 5.41. The van der Waals surface area contributed by atoms with Gasteiger partial charge in [-0.15, -0.1) is 0 Å². The first-order valence-electron chi connectivity index (χ1n) is 2.41. The Balaban J connectivity index is 2.92. The van der Waals surface area contributed by atoms with Crippen molar-refractivity contribution in [2.75, 3.05) is 0 Å². The summed E-state index contributed by atoms with van der Waals surface area (Å²) in [5.74, 6) is 0. The summed E-state index contributed by atoms with van der Waals surface area (Å²) in [4.78, 5) is 9.50. The van der Waals surface area contributed by atoms with E-state index in [0.717, 1.165) is 6.42 Å². The van der Waals surface area contributed by atoms with E-state index >= 15 is 0 Å². The smallest absolute Gasteiger partial charge is 0.202 e. The summed E-state index contributed by atoms with van der Waals surface area (Å²) < 4.78 is 0. The molecule has 0 aromatic rings. The van der Waals surface area contributed by atoms with Crippen LogP contribution in [0, 0.1) is 0 Å². The van der Waals surface area contributed by atoms with Crippen LogP contribution >= 0.6 is 0 Å². The zero-order valence-electron chi connectivity index (χ0n) is 4.48. The van der Waals surface area contributed by atoms with Gasteiger partial charge in [-0.1, -0.05) is 19.1 Å². The van der Waals surface area contributed by atoms with Crippen molar-refractivity contribution in [3.8, 4) is 0 Å². The molecule has 0 fully saturated rings. The molecule has 0 aliphatic rings. The average molecular weight is 97.1 g/mol. The third-order valence-corrected chi connectivity index (χ3v) is 0.604. The summed E-state index contributed by atoms with van der Waals surface area (Å²) in [5, 5.41) is 0. The lowest BCUT2D eigenvalue weighted by atomic mass is 10.3. The molecule has 1 radical (unpaired) electrons. The molecule has 0 aromatic carbocycles. The highest BCUT2D eigenvalue weighted by Gasteiger charge is 1.68. The van der Waals surface area contributed by atoms with Gasteiger partial charge in [0, 0.05) is 6.42 Å². The normalized spacial score (nSPS) is 9.86. The minimum atomic E-state index is 0.438. The molecular weight excluding hydrogens is 88.1 g/mol. The van der Waals surface area contributed by atoms with Gasteiger partial charge in [-0.05, 0) is 6.42 Å². The van der Waals surface area contributed by atoms with Crippen LogP contribution in [0.1, 0.15) is 19.8 Å². The largest absolute Gasteiger partial charge is 0.291 e. The summed E-state index contributed by atoms with van der Waals surface area (Å²) in [6, 6.07) is 0. The lowest BCUT2D eigenvalue weighted by Gasteiger charge is -1.71. The summed E-state index contributed by atoms with van der Waals surface area (Å²) in [6.07, 6.45) is 6.97. The zero-order valence-corrected chi connectivity index (χ0v) is 4.48. The molecule has 0 aromatic heterocycles. The minimum absolute atomic E-state index is 0.438. The predicted molar refractivity (Wildman–Crippen MR) is 29.7 cm³/mol. The van der Waals surface area contributed by atoms with Crippen molar-refractivity contribution in [1.29, 1.82) is 0 Å². The Bertz CT molecular complexity index is 64.6. The van der Waals surface area contributed by atoms with E-state index in [0.29, 0.717) is 6.42 Å². The molecule has 0 N–H and O–H groups in total. The summed E-state index contributed by atoms with van der Waals surface area (Å²) >= 11 is 0. The molecule has 0 saturated heterocycles. The molecule has 0 saturated carbocycles. The Morgan fingerprint density at radius 3 is 2.71 bits per heavy atom. The SMILES string of the molecule is CCC=CC[C]=O. The fourth-order valence-corrected chi connectivity index (χ4v) is 0.298. The van der Waals surface area contributed by atoms with E-state index in [9.17, 15) is 4.79 Å². The second-order valence-corrected chi connectivity index (χ2v) is 1.23. The molecule has 0 rings (SSSR count). The van der Waals surface area contributed by atoms with Crippen LogP contribution in [0.4, 0.5) is 0 Å². The van der Waals surface area contributed by atoms with Gasteiger partial charge in [0.15, 0.2) is 0 Å². The fourth-order valence-electron chi connectivity index (χ4n) is 0.298. The van der Waals surface area contributed by atoms with Gasteiger partial charge < -0.3 is 0 Å². The number of hydrogen-bond donors (Lipinski definition) is 0. The van der Waals surface area contributed by atoms with E-state index in [4.69, 9.17) is 0 Å². The van der Waals surface area contributed by atoms with Crippen LogP contribution in [-0.2, 0) is 4.79 Å². The zero-order chi connectivity index (χ0) is 5.54. The summed E-state index contributed by atoms with van der Waals surface area (Å²) in [5.41, 5.74) is 0. The van der Waals surface area contributed by atoms with Crippen molar-refractivity contribution < 1.29 is 4.79 Å². The molecular formula is C6H9O. The van der Waals surface area contributed by atoms with Crippen molar-refractivity contribution in [1.82, 2.24) is 0 Å². The molecule has 39 valence electrons. The van der Waals surface area contributed by atoms with Crippen LogP contribution in [0.25, 0.3) is 0 Å². The van der Waals surface area contributed by atoms with Gasteiger partial charge in [0.25, 0.3) is 0 Å². The van der Waals surface area contributed by atoms with E-state index in [1.165, 1.54) is 0 Å². The lowest BCUT2D eigenvalue weighted by molar-refractivity contribution is 0.556. The third-order valence-electron chi connectivity index (χ3n) is 0.604. The lowest BCUT2D eigenvalue weighted by Crippen LogP contribution is -1.63. The molecule has 1 heteroatoms. The Kier molecular flexibility index (Phi) is 4.95. The highest BCUT2D eigenvalue weighted by atomic mass is 16.1. The van der Waals surface area contributed by atoms with Crippen molar-refractivity contribution >= 4 is 6.29 Å². The fraction of sp³-hybridized carbons (Fsp3) is 0.500. The number of carbonyl (C=O) groups excluding carboxylic acids is 1. The molecule has 0 unspecified atom stereocenters. The van der Waals surface area contributed by atoms with Crippen LogP contribution in [0.3, 0.4) is 0 Å². The maximum Gasteiger partial charge on any atom is 0.202 e. The van der Waals surface area contributed by atoms with Gasteiger partial charge in [-0.25, -0.2) is 0 Å². The van der Waals surface area contributed by atoms with E-state index in [2.05, 4.69) is 0 Å². The minimum Gasteiger partial charge on any atom is -0.291 e. The van der Waals surface area contributed by atoms with Crippen molar-refractivity contribution in [3.63, 3.8) is 0 Å². The molecule has 0 atom stereocenters. The van der Waals surface area contributed by atoms with Crippen molar-refractivity contribution in [2.24, 2.45) is 0 Å². The molecule has 1 nitrogen and oxygen atoms in total. The van der Waals surface area contributed by atoms with Crippen LogP contribution in [0.2, 0.25) is 0 Å². The Labute approximate surface area is 44.0 Å². The first-order valence-corrected chi connectivity index (χ1v) is 2.41. The average Bonchev–Trinajstić information content (AvgIpc) is 1.69. The maximum absolute atomic E-state index is 9.50.